The van der Waals surface area contributed by atoms with Crippen LogP contribution >= 0.6 is 0 Å². The van der Waals surface area contributed by atoms with Crippen LogP contribution in [0.15, 0.2) is 158 Å². The van der Waals surface area contributed by atoms with Crippen LogP contribution in [-0.4, -0.2) is 0 Å². The molecule has 51 heavy (non-hydrogen) atoms. The van der Waals surface area contributed by atoms with Gasteiger partial charge in [-0.1, -0.05) is 128 Å². The normalized spacial score (nSPS) is 17.3. The van der Waals surface area contributed by atoms with Crippen molar-refractivity contribution in [2.24, 2.45) is 5.92 Å². The number of nitrogens with one attached hydrogen (secondary N) is 1. The highest BCUT2D eigenvalue weighted by Gasteiger charge is 2.29. The Hall–Kier alpha value is -5.86. The van der Waals surface area contributed by atoms with E-state index in [1.54, 1.807) is 5.56 Å². The quantitative estimate of drug-likeness (QED) is 0.184. The number of allylic oxidation sites excluding steroid dienone is 6. The zero-order chi connectivity index (χ0) is 34.1. The molecule has 0 fully saturated rings. The molecule has 0 radical (unpaired) electrons. The van der Waals surface area contributed by atoms with Crippen LogP contribution in [0.5, 0.6) is 0 Å². The minimum Gasteiger partial charge on any atom is -0.355 e. The largest absolute Gasteiger partial charge is 0.355 e. The van der Waals surface area contributed by atoms with Gasteiger partial charge in [0.15, 0.2) is 0 Å². The fourth-order valence-electron chi connectivity index (χ4n) is 8.31. The monoisotopic (exact) mass is 658 g/mol. The molecule has 0 saturated heterocycles. The van der Waals surface area contributed by atoms with Crippen molar-refractivity contribution in [3.63, 3.8) is 0 Å². The Morgan fingerprint density at radius 3 is 1.92 bits per heavy atom. The second kappa shape index (κ2) is 13.5. The van der Waals surface area contributed by atoms with Crippen LogP contribution in [0.4, 0.5) is 28.4 Å². The number of benzene rings is 6. The Labute approximate surface area is 301 Å². The van der Waals surface area contributed by atoms with Crippen molar-refractivity contribution in [3.8, 4) is 11.1 Å². The average molecular weight is 659 g/mol. The molecule has 2 atom stereocenters. The van der Waals surface area contributed by atoms with E-state index in [2.05, 4.69) is 187 Å². The molecule has 0 saturated carbocycles. The summed E-state index contributed by atoms with van der Waals surface area (Å²) < 4.78 is 0. The van der Waals surface area contributed by atoms with Crippen molar-refractivity contribution in [1.82, 2.24) is 0 Å². The molecule has 2 nitrogen and oxygen atoms in total. The molecule has 0 aliphatic heterocycles. The minimum absolute atomic E-state index is 0.331. The van der Waals surface area contributed by atoms with Gasteiger partial charge in [-0.3, -0.25) is 0 Å². The summed E-state index contributed by atoms with van der Waals surface area (Å²) in [5.74, 6) is 0.766. The SMILES string of the molecule is CC1C=CC=CC1c1c2c(c3c(c1Nc1ccc(-c4ccc(N(c5ccccc5)c5ccc6ccccc6c5)cc4)cc1)C=CCC3)CCC=C2. The number of hydrogen-bond donors (Lipinski definition) is 1. The summed E-state index contributed by atoms with van der Waals surface area (Å²) >= 11 is 0. The Morgan fingerprint density at radius 2 is 1.18 bits per heavy atom. The summed E-state index contributed by atoms with van der Waals surface area (Å²) in [7, 11) is 0. The van der Waals surface area contributed by atoms with Gasteiger partial charge in [0.25, 0.3) is 0 Å². The lowest BCUT2D eigenvalue weighted by Gasteiger charge is -2.33. The van der Waals surface area contributed by atoms with Crippen LogP contribution in [0.1, 0.15) is 53.5 Å². The van der Waals surface area contributed by atoms with Crippen molar-refractivity contribution >= 4 is 51.4 Å². The molecule has 2 heteroatoms. The molecule has 0 amide bonds. The van der Waals surface area contributed by atoms with E-state index in [0.29, 0.717) is 11.8 Å². The van der Waals surface area contributed by atoms with Gasteiger partial charge in [0.1, 0.15) is 0 Å². The van der Waals surface area contributed by atoms with E-state index in [4.69, 9.17) is 0 Å². The van der Waals surface area contributed by atoms with Crippen LogP contribution in [0.3, 0.4) is 0 Å². The molecule has 0 aromatic heterocycles. The Kier molecular flexibility index (Phi) is 8.22. The molecular formula is C49H42N2. The van der Waals surface area contributed by atoms with E-state index in [0.717, 1.165) is 48.4 Å². The first-order valence-electron chi connectivity index (χ1n) is 18.4. The molecule has 9 rings (SSSR count). The number of anilines is 5. The summed E-state index contributed by atoms with van der Waals surface area (Å²) in [6, 6.07) is 43.8. The van der Waals surface area contributed by atoms with Gasteiger partial charge in [0, 0.05) is 34.2 Å². The molecule has 1 N–H and O–H groups in total. The third kappa shape index (κ3) is 5.91. The summed E-state index contributed by atoms with van der Waals surface area (Å²) in [5.41, 5.74) is 15.6. The summed E-state index contributed by atoms with van der Waals surface area (Å²) in [4.78, 5) is 2.34. The maximum absolute atomic E-state index is 3.97. The molecular weight excluding hydrogens is 617 g/mol. The van der Waals surface area contributed by atoms with Gasteiger partial charge < -0.3 is 10.2 Å². The van der Waals surface area contributed by atoms with Gasteiger partial charge in [0.05, 0.1) is 5.69 Å². The maximum atomic E-state index is 3.97. The first-order valence-corrected chi connectivity index (χ1v) is 18.4. The molecule has 0 spiro atoms. The first kappa shape index (κ1) is 31.1. The highest BCUT2D eigenvalue weighted by atomic mass is 15.1. The Morgan fingerprint density at radius 1 is 0.569 bits per heavy atom. The fraction of sp³-hybridized carbons (Fsp3) is 0.143. The Bertz CT molecular complexity index is 2340. The van der Waals surface area contributed by atoms with Crippen molar-refractivity contribution in [2.75, 3.05) is 10.2 Å². The van der Waals surface area contributed by atoms with Gasteiger partial charge in [-0.15, -0.1) is 0 Å². The van der Waals surface area contributed by atoms with Crippen LogP contribution < -0.4 is 10.2 Å². The van der Waals surface area contributed by atoms with Crippen LogP contribution in [-0.2, 0) is 12.8 Å². The molecule has 248 valence electrons. The standard InChI is InChI=1S/C49H42N2/c1-34-13-5-8-18-43(34)48-46-21-11-9-19-44(46)45-20-10-12-22-47(45)49(48)50-39-28-23-36(24-29-39)37-25-30-41(31-26-37)51(40-16-3-2-4-17-40)42-32-27-35-14-6-7-15-38(35)33-42/h2-8,11-18,21-34,43,50H,9-10,19-20H2,1H3. The zero-order valence-corrected chi connectivity index (χ0v) is 29.1. The number of rotatable bonds is 7. The highest BCUT2D eigenvalue weighted by Crippen LogP contribution is 2.47. The number of para-hydroxylation sites is 1. The lowest BCUT2D eigenvalue weighted by Crippen LogP contribution is -2.17. The van der Waals surface area contributed by atoms with Gasteiger partial charge in [-0.05, 0) is 124 Å². The van der Waals surface area contributed by atoms with E-state index in [9.17, 15) is 0 Å². The van der Waals surface area contributed by atoms with Gasteiger partial charge in [0.2, 0.25) is 0 Å². The lowest BCUT2D eigenvalue weighted by molar-refractivity contribution is 0.634. The third-order valence-corrected chi connectivity index (χ3v) is 10.9. The second-order valence-electron chi connectivity index (χ2n) is 14.1. The molecule has 0 bridgehead atoms. The zero-order valence-electron chi connectivity index (χ0n) is 29.1. The van der Waals surface area contributed by atoms with Crippen molar-refractivity contribution in [3.05, 3.63) is 186 Å². The summed E-state index contributed by atoms with van der Waals surface area (Å²) in [5, 5.41) is 6.45. The third-order valence-electron chi connectivity index (χ3n) is 10.9. The number of nitrogens with zero attached hydrogens (tertiary/aromatic N) is 1. The van der Waals surface area contributed by atoms with Gasteiger partial charge in [-0.25, -0.2) is 0 Å². The van der Waals surface area contributed by atoms with E-state index in [1.807, 2.05) is 0 Å². The molecule has 6 aromatic carbocycles. The highest BCUT2D eigenvalue weighted by molar-refractivity contribution is 5.90. The van der Waals surface area contributed by atoms with E-state index in [1.165, 1.54) is 49.8 Å². The molecule has 0 heterocycles. The van der Waals surface area contributed by atoms with E-state index >= 15 is 0 Å². The molecule has 2 unspecified atom stereocenters. The van der Waals surface area contributed by atoms with Crippen LogP contribution in [0.25, 0.3) is 34.1 Å². The van der Waals surface area contributed by atoms with Gasteiger partial charge in [-0.2, -0.15) is 0 Å². The van der Waals surface area contributed by atoms with Gasteiger partial charge >= 0.3 is 0 Å². The van der Waals surface area contributed by atoms with Crippen molar-refractivity contribution in [2.45, 2.75) is 38.5 Å². The fourth-order valence-corrected chi connectivity index (χ4v) is 8.31. The predicted molar refractivity (Wildman–Crippen MR) is 219 cm³/mol. The average Bonchev–Trinajstić information content (AvgIpc) is 3.19. The van der Waals surface area contributed by atoms with Crippen molar-refractivity contribution < 1.29 is 0 Å². The number of fused-ring (bicyclic) bond motifs is 4. The predicted octanol–water partition coefficient (Wildman–Crippen LogP) is 13.5. The van der Waals surface area contributed by atoms with Crippen LogP contribution in [0.2, 0.25) is 0 Å². The van der Waals surface area contributed by atoms with Crippen molar-refractivity contribution in [1.29, 1.82) is 0 Å². The Balaban J connectivity index is 1.04. The second-order valence-corrected chi connectivity index (χ2v) is 14.1. The summed E-state index contributed by atoms with van der Waals surface area (Å²) in [6.07, 6.45) is 23.2. The summed E-state index contributed by atoms with van der Waals surface area (Å²) in [6.45, 7) is 2.35. The molecule has 6 aromatic rings. The topological polar surface area (TPSA) is 15.3 Å². The molecule has 3 aliphatic rings. The molecule has 3 aliphatic carbocycles. The van der Waals surface area contributed by atoms with Crippen LogP contribution in [0, 0.1) is 5.92 Å². The van der Waals surface area contributed by atoms with E-state index < -0.39 is 0 Å². The smallest absolute Gasteiger partial charge is 0.0505 e. The first-order chi connectivity index (χ1) is 25.2. The maximum Gasteiger partial charge on any atom is 0.0505 e. The van der Waals surface area contributed by atoms with E-state index in [-0.39, 0.29) is 0 Å². The minimum atomic E-state index is 0.331. The lowest BCUT2D eigenvalue weighted by atomic mass is 9.74. The number of hydrogen-bond acceptors (Lipinski definition) is 2.